The Balaban J connectivity index is 3.06. The molecule has 0 spiro atoms. The normalized spacial score (nSPS) is 11.6. The van der Waals surface area contributed by atoms with Crippen LogP contribution in [0.25, 0.3) is 10.9 Å². The lowest BCUT2D eigenvalue weighted by molar-refractivity contribution is 0.950. The number of hydrogen-bond acceptors (Lipinski definition) is 1. The van der Waals surface area contributed by atoms with Crippen LogP contribution in [0, 0.1) is 0 Å². The van der Waals surface area contributed by atoms with Gasteiger partial charge in [0.15, 0.2) is 5.43 Å². The predicted octanol–water partition coefficient (Wildman–Crippen LogP) is 1.54. The van der Waals surface area contributed by atoms with E-state index in [1.165, 1.54) is 6.07 Å². The van der Waals surface area contributed by atoms with Gasteiger partial charge < -0.3 is 4.57 Å². The van der Waals surface area contributed by atoms with E-state index in [2.05, 4.69) is 0 Å². The maximum absolute atomic E-state index is 11.4. The average Bonchev–Trinajstić information content (AvgIpc) is 2.15. The van der Waals surface area contributed by atoms with Gasteiger partial charge in [0.1, 0.15) is 0 Å². The first kappa shape index (κ1) is 6.00. The predicted molar refractivity (Wildman–Crippen MR) is 49.2 cm³/mol. The first-order valence-electron chi connectivity index (χ1n) is 4.25. The minimum absolute atomic E-state index is 0.0845. The molecule has 1 aromatic heterocycles. The summed E-state index contributed by atoms with van der Waals surface area (Å²) < 4.78 is 9.20. The van der Waals surface area contributed by atoms with E-state index in [0.717, 1.165) is 5.52 Å². The van der Waals surface area contributed by atoms with Crippen molar-refractivity contribution in [1.82, 2.24) is 4.57 Å². The van der Waals surface area contributed by atoms with Crippen LogP contribution < -0.4 is 5.43 Å². The Morgan fingerprint density at radius 2 is 2.08 bits per heavy atom. The maximum Gasteiger partial charge on any atom is 0.189 e. The highest BCUT2D eigenvalue weighted by molar-refractivity contribution is 5.78. The van der Waals surface area contributed by atoms with Crippen molar-refractivity contribution >= 4 is 10.9 Å². The first-order valence-corrected chi connectivity index (χ1v) is 3.75. The van der Waals surface area contributed by atoms with Gasteiger partial charge in [-0.25, -0.2) is 0 Å². The number of benzene rings is 1. The van der Waals surface area contributed by atoms with Gasteiger partial charge in [-0.15, -0.1) is 0 Å². The minimum atomic E-state index is -0.0845. The van der Waals surface area contributed by atoms with Gasteiger partial charge >= 0.3 is 0 Å². The van der Waals surface area contributed by atoms with E-state index in [1.807, 2.05) is 18.2 Å². The molecule has 0 aliphatic carbocycles. The summed E-state index contributed by atoms with van der Waals surface area (Å²) in [5, 5.41) is 0.668. The number of nitrogens with zero attached hydrogens (tertiary/aromatic N) is 1. The van der Waals surface area contributed by atoms with E-state index in [9.17, 15) is 4.79 Å². The molecule has 1 heterocycles. The second-order valence-electron chi connectivity index (χ2n) is 2.71. The van der Waals surface area contributed by atoms with Crippen LogP contribution in [0.5, 0.6) is 0 Å². The smallest absolute Gasteiger partial charge is 0.189 e. The van der Waals surface area contributed by atoms with Crippen LogP contribution in [0.3, 0.4) is 0 Å². The quantitative estimate of drug-likeness (QED) is 0.573. The van der Waals surface area contributed by atoms with Crippen LogP contribution in [0.1, 0.15) is 1.37 Å². The SMILES string of the molecule is [2H]c1cc(=O)c2ccccc2n1C. The van der Waals surface area contributed by atoms with Crippen LogP contribution >= 0.6 is 0 Å². The van der Waals surface area contributed by atoms with Crippen molar-refractivity contribution in [3.05, 3.63) is 46.7 Å². The molecule has 0 saturated carbocycles. The topological polar surface area (TPSA) is 22.0 Å². The molecule has 2 heteroatoms. The van der Waals surface area contributed by atoms with E-state index >= 15 is 0 Å². The maximum atomic E-state index is 11.4. The van der Waals surface area contributed by atoms with E-state index in [-0.39, 0.29) is 11.6 Å². The molecule has 1 aromatic carbocycles. The summed E-state index contributed by atoms with van der Waals surface area (Å²) in [7, 11) is 1.78. The molecular formula is C10H9NO. The fraction of sp³-hybridized carbons (Fsp3) is 0.100. The number of rotatable bonds is 0. The zero-order valence-electron chi connectivity index (χ0n) is 7.74. The van der Waals surface area contributed by atoms with Crippen LogP contribution in [0.2, 0.25) is 0 Å². The zero-order chi connectivity index (χ0) is 9.42. The second kappa shape index (κ2) is 2.48. The Bertz CT molecular complexity index is 516. The molecule has 0 amide bonds. The summed E-state index contributed by atoms with van der Waals surface area (Å²) in [5.74, 6) is 0. The Morgan fingerprint density at radius 1 is 1.33 bits per heavy atom. The lowest BCUT2D eigenvalue weighted by Gasteiger charge is -2.02. The zero-order valence-corrected chi connectivity index (χ0v) is 6.74. The van der Waals surface area contributed by atoms with Gasteiger partial charge in [0, 0.05) is 24.7 Å². The van der Waals surface area contributed by atoms with Gasteiger partial charge in [0.2, 0.25) is 0 Å². The minimum Gasteiger partial charge on any atom is -0.350 e. The molecule has 0 radical (unpaired) electrons. The molecule has 0 saturated heterocycles. The van der Waals surface area contributed by atoms with Crippen molar-refractivity contribution in [2.45, 2.75) is 0 Å². The highest BCUT2D eigenvalue weighted by atomic mass is 16.1. The van der Waals surface area contributed by atoms with Gasteiger partial charge in [-0.3, -0.25) is 4.79 Å². The summed E-state index contributed by atoms with van der Waals surface area (Å²) in [5.41, 5.74) is 0.721. The summed E-state index contributed by atoms with van der Waals surface area (Å²) in [4.78, 5) is 11.4. The van der Waals surface area contributed by atoms with Gasteiger partial charge in [-0.1, -0.05) is 12.1 Å². The number of aromatic nitrogens is 1. The Labute approximate surface area is 71.5 Å². The standard InChI is InChI=1S/C10H9NO/c1-11-7-6-10(12)8-4-2-3-5-9(8)11/h2-7H,1H3/i7D. The molecule has 0 aliphatic heterocycles. The molecule has 60 valence electrons. The highest BCUT2D eigenvalue weighted by Gasteiger charge is 1.96. The number of hydrogen-bond donors (Lipinski definition) is 0. The average molecular weight is 160 g/mol. The third kappa shape index (κ3) is 0.925. The first-order chi connectivity index (χ1) is 6.20. The van der Waals surface area contributed by atoms with Gasteiger partial charge in [-0.05, 0) is 12.1 Å². The largest absolute Gasteiger partial charge is 0.350 e. The van der Waals surface area contributed by atoms with Crippen LogP contribution in [0.15, 0.2) is 41.3 Å². The highest BCUT2D eigenvalue weighted by Crippen LogP contribution is 2.06. The third-order valence-corrected chi connectivity index (χ3v) is 1.92. The monoisotopic (exact) mass is 160 g/mol. The summed E-state index contributed by atoms with van der Waals surface area (Å²) in [6.45, 7) is 0. The van der Waals surface area contributed by atoms with Gasteiger partial charge in [-0.2, -0.15) is 0 Å². The Morgan fingerprint density at radius 3 is 2.92 bits per heavy atom. The summed E-state index contributed by atoms with van der Waals surface area (Å²) in [6.07, 6.45) is 0.240. The molecular weight excluding hydrogens is 150 g/mol. The van der Waals surface area contributed by atoms with Crippen molar-refractivity contribution in [2.75, 3.05) is 0 Å². The van der Waals surface area contributed by atoms with Crippen molar-refractivity contribution < 1.29 is 1.37 Å². The summed E-state index contributed by atoms with van der Waals surface area (Å²) in [6, 6.07) is 8.64. The lowest BCUT2D eigenvalue weighted by atomic mass is 10.2. The molecule has 2 rings (SSSR count). The Kier molecular flexibility index (Phi) is 1.24. The Hall–Kier alpha value is -1.57. The lowest BCUT2D eigenvalue weighted by Crippen LogP contribution is -2.04. The van der Waals surface area contributed by atoms with E-state index in [4.69, 9.17) is 1.37 Å². The molecule has 0 N–H and O–H groups in total. The number of aryl methyl sites for hydroxylation is 1. The summed E-state index contributed by atoms with van der Waals surface area (Å²) >= 11 is 0. The molecule has 0 aliphatic rings. The van der Waals surface area contributed by atoms with Crippen molar-refractivity contribution in [3.8, 4) is 0 Å². The number of fused-ring (bicyclic) bond motifs is 1. The fourth-order valence-electron chi connectivity index (χ4n) is 1.28. The van der Waals surface area contributed by atoms with Crippen molar-refractivity contribution in [1.29, 1.82) is 0 Å². The van der Waals surface area contributed by atoms with Crippen LogP contribution in [0.4, 0.5) is 0 Å². The molecule has 12 heavy (non-hydrogen) atoms. The molecule has 2 aromatic rings. The molecule has 0 unspecified atom stereocenters. The molecule has 0 atom stereocenters. The third-order valence-electron chi connectivity index (χ3n) is 1.92. The second-order valence-corrected chi connectivity index (χ2v) is 2.71. The molecule has 0 fully saturated rings. The van der Waals surface area contributed by atoms with Crippen LogP contribution in [-0.2, 0) is 7.05 Å². The molecule has 0 bridgehead atoms. The van der Waals surface area contributed by atoms with E-state index < -0.39 is 0 Å². The van der Waals surface area contributed by atoms with Crippen molar-refractivity contribution in [3.63, 3.8) is 0 Å². The van der Waals surface area contributed by atoms with E-state index in [1.54, 1.807) is 17.7 Å². The van der Waals surface area contributed by atoms with E-state index in [0.29, 0.717) is 5.39 Å². The van der Waals surface area contributed by atoms with Gasteiger partial charge in [0.25, 0.3) is 0 Å². The fourth-order valence-corrected chi connectivity index (χ4v) is 1.28. The van der Waals surface area contributed by atoms with Gasteiger partial charge in [0.05, 0.1) is 6.89 Å². The van der Waals surface area contributed by atoms with Crippen molar-refractivity contribution in [2.24, 2.45) is 7.05 Å². The van der Waals surface area contributed by atoms with Crippen LogP contribution in [-0.4, -0.2) is 4.57 Å². The number of pyridine rings is 1. The number of para-hydroxylation sites is 1. The molecule has 2 nitrogen and oxygen atoms in total.